The molecule has 154 valence electrons. The Bertz CT molecular complexity index is 880. The topological polar surface area (TPSA) is 117 Å². The van der Waals surface area contributed by atoms with Gasteiger partial charge in [0.15, 0.2) is 6.29 Å². The molecule has 1 aromatic carbocycles. The molecule has 4 N–H and O–H groups in total. The quantitative estimate of drug-likeness (QED) is 0.545. The second kappa shape index (κ2) is 9.33. The van der Waals surface area contributed by atoms with Gasteiger partial charge in [-0.3, -0.25) is 19.7 Å². The van der Waals surface area contributed by atoms with Crippen LogP contribution in [0.15, 0.2) is 36.4 Å². The van der Waals surface area contributed by atoms with Gasteiger partial charge in [0.05, 0.1) is 5.69 Å². The number of carbonyl (C=O) groups is 3. The summed E-state index contributed by atoms with van der Waals surface area (Å²) in [5.74, 6) is -1.30. The van der Waals surface area contributed by atoms with Crippen LogP contribution in [0.1, 0.15) is 43.7 Å². The first kappa shape index (κ1) is 20.5. The molecule has 1 aromatic heterocycles. The molecule has 2 heterocycles. The molecule has 1 aliphatic heterocycles. The minimum atomic E-state index is -0.797. The summed E-state index contributed by atoms with van der Waals surface area (Å²) in [4.78, 5) is 36.6. The molecule has 3 rings (SSSR count). The van der Waals surface area contributed by atoms with E-state index in [1.807, 2.05) is 30.3 Å². The van der Waals surface area contributed by atoms with Crippen molar-refractivity contribution in [2.45, 2.75) is 52.0 Å². The van der Waals surface area contributed by atoms with Crippen LogP contribution in [0.25, 0.3) is 0 Å². The highest BCUT2D eigenvalue weighted by Crippen LogP contribution is 2.18. The number of nitrogens with zero attached hydrogens (tertiary/aromatic N) is 2. The van der Waals surface area contributed by atoms with Crippen molar-refractivity contribution in [1.82, 2.24) is 25.7 Å². The summed E-state index contributed by atoms with van der Waals surface area (Å²) in [6, 6.07) is 11.0. The number of amides is 3. The Balaban J connectivity index is 1.66. The van der Waals surface area contributed by atoms with Crippen LogP contribution in [0.2, 0.25) is 0 Å². The molecule has 1 saturated heterocycles. The molecule has 1 fully saturated rings. The number of aryl methyl sites for hydroxylation is 1. The largest absolute Gasteiger partial charge is 0.344 e. The van der Waals surface area contributed by atoms with Gasteiger partial charge in [-0.2, -0.15) is 5.10 Å². The van der Waals surface area contributed by atoms with Crippen molar-refractivity contribution in [3.8, 4) is 0 Å². The highest BCUT2D eigenvalue weighted by Gasteiger charge is 2.29. The van der Waals surface area contributed by atoms with Gasteiger partial charge in [-0.05, 0) is 18.9 Å². The van der Waals surface area contributed by atoms with Gasteiger partial charge in [0.25, 0.3) is 0 Å². The lowest BCUT2D eigenvalue weighted by molar-refractivity contribution is -0.136. The summed E-state index contributed by atoms with van der Waals surface area (Å²) in [5, 5.41) is 15.7. The average molecular weight is 398 g/mol. The molecule has 1 aliphatic rings. The zero-order valence-electron chi connectivity index (χ0n) is 16.6. The van der Waals surface area contributed by atoms with Crippen molar-refractivity contribution in [3.63, 3.8) is 0 Å². The van der Waals surface area contributed by atoms with Crippen molar-refractivity contribution in [1.29, 1.82) is 0 Å². The molecule has 9 heteroatoms. The lowest BCUT2D eigenvalue weighted by Crippen LogP contribution is -2.53. The Morgan fingerprint density at radius 2 is 2.00 bits per heavy atom. The summed E-state index contributed by atoms with van der Waals surface area (Å²) < 4.78 is 1.48. The fourth-order valence-electron chi connectivity index (χ4n) is 3.26. The molecule has 2 unspecified atom stereocenters. The number of rotatable bonds is 6. The van der Waals surface area contributed by atoms with E-state index < -0.39 is 18.1 Å². The Hall–Kier alpha value is -3.20. The normalized spacial score (nSPS) is 18.8. The third-order valence-corrected chi connectivity index (χ3v) is 4.61. The number of benzene rings is 1. The van der Waals surface area contributed by atoms with Crippen LogP contribution in [0, 0.1) is 6.92 Å². The van der Waals surface area contributed by atoms with Gasteiger partial charge < -0.3 is 16.0 Å². The van der Waals surface area contributed by atoms with Crippen LogP contribution in [0.3, 0.4) is 0 Å². The van der Waals surface area contributed by atoms with E-state index >= 15 is 0 Å². The SMILES string of the molecule is CCCC1CC(=O)NC(n2nc(C)cc2NC(=O)C(=O)NCc2ccccc2)N1. The van der Waals surface area contributed by atoms with E-state index in [2.05, 4.69) is 33.3 Å². The van der Waals surface area contributed by atoms with E-state index in [4.69, 9.17) is 0 Å². The molecule has 0 saturated carbocycles. The molecule has 0 bridgehead atoms. The number of anilines is 1. The van der Waals surface area contributed by atoms with Crippen LogP contribution in [0.5, 0.6) is 0 Å². The van der Waals surface area contributed by atoms with Crippen LogP contribution in [0.4, 0.5) is 5.82 Å². The lowest BCUT2D eigenvalue weighted by Gasteiger charge is -2.32. The number of nitrogens with one attached hydrogen (secondary N) is 4. The zero-order valence-corrected chi connectivity index (χ0v) is 16.6. The third kappa shape index (κ3) is 5.41. The highest BCUT2D eigenvalue weighted by atomic mass is 16.2. The first-order valence-corrected chi connectivity index (χ1v) is 9.71. The summed E-state index contributed by atoms with van der Waals surface area (Å²) in [7, 11) is 0. The Morgan fingerprint density at radius 1 is 1.24 bits per heavy atom. The fraction of sp³-hybridized carbons (Fsp3) is 0.400. The monoisotopic (exact) mass is 398 g/mol. The molecule has 0 radical (unpaired) electrons. The fourth-order valence-corrected chi connectivity index (χ4v) is 3.26. The number of hydrogen-bond acceptors (Lipinski definition) is 5. The van der Waals surface area contributed by atoms with Crippen molar-refractivity contribution < 1.29 is 14.4 Å². The standard InChI is InChI=1S/C20H26N6O3/c1-3-7-15-11-17(27)24-20(22-15)26-16(10-13(2)25-26)23-19(29)18(28)21-12-14-8-5-4-6-9-14/h4-6,8-10,15,20,22H,3,7,11-12H2,1-2H3,(H,21,28)(H,23,29)(H,24,27). The predicted octanol–water partition coefficient (Wildman–Crippen LogP) is 1.18. The van der Waals surface area contributed by atoms with Crippen molar-refractivity contribution in [2.75, 3.05) is 5.32 Å². The minimum Gasteiger partial charge on any atom is -0.344 e. The summed E-state index contributed by atoms with van der Waals surface area (Å²) in [5.41, 5.74) is 1.55. The molecular weight excluding hydrogens is 372 g/mol. The maximum absolute atomic E-state index is 12.3. The van der Waals surface area contributed by atoms with E-state index in [1.54, 1.807) is 13.0 Å². The van der Waals surface area contributed by atoms with E-state index in [1.165, 1.54) is 4.68 Å². The smallest absolute Gasteiger partial charge is 0.314 e. The maximum atomic E-state index is 12.3. The molecule has 29 heavy (non-hydrogen) atoms. The third-order valence-electron chi connectivity index (χ3n) is 4.61. The molecule has 0 spiro atoms. The van der Waals surface area contributed by atoms with Crippen LogP contribution >= 0.6 is 0 Å². The second-order valence-corrected chi connectivity index (χ2v) is 7.06. The average Bonchev–Trinajstić information content (AvgIpc) is 3.07. The van der Waals surface area contributed by atoms with E-state index in [0.717, 1.165) is 18.4 Å². The number of aromatic nitrogens is 2. The second-order valence-electron chi connectivity index (χ2n) is 7.06. The molecule has 3 amide bonds. The van der Waals surface area contributed by atoms with Crippen LogP contribution in [-0.2, 0) is 20.9 Å². The van der Waals surface area contributed by atoms with Crippen molar-refractivity contribution >= 4 is 23.5 Å². The van der Waals surface area contributed by atoms with E-state index in [0.29, 0.717) is 17.9 Å². The predicted molar refractivity (Wildman–Crippen MR) is 108 cm³/mol. The molecular formula is C20H26N6O3. The van der Waals surface area contributed by atoms with E-state index in [9.17, 15) is 14.4 Å². The van der Waals surface area contributed by atoms with Gasteiger partial charge >= 0.3 is 11.8 Å². The van der Waals surface area contributed by atoms with Gasteiger partial charge in [-0.25, -0.2) is 4.68 Å². The minimum absolute atomic E-state index is 0.0287. The molecule has 0 aliphatic carbocycles. The molecule has 2 atom stereocenters. The van der Waals surface area contributed by atoms with Crippen molar-refractivity contribution in [2.24, 2.45) is 0 Å². The summed E-state index contributed by atoms with van der Waals surface area (Å²) in [6.45, 7) is 4.08. The van der Waals surface area contributed by atoms with Gasteiger partial charge in [0.2, 0.25) is 5.91 Å². The van der Waals surface area contributed by atoms with Gasteiger partial charge in [0, 0.05) is 25.1 Å². The molecule has 9 nitrogen and oxygen atoms in total. The first-order chi connectivity index (χ1) is 14.0. The van der Waals surface area contributed by atoms with Crippen molar-refractivity contribution in [3.05, 3.63) is 47.7 Å². The van der Waals surface area contributed by atoms with Gasteiger partial charge in [0.1, 0.15) is 5.82 Å². The molecule has 2 aromatic rings. The van der Waals surface area contributed by atoms with Crippen LogP contribution < -0.4 is 21.3 Å². The van der Waals surface area contributed by atoms with Gasteiger partial charge in [-0.15, -0.1) is 0 Å². The maximum Gasteiger partial charge on any atom is 0.314 e. The first-order valence-electron chi connectivity index (χ1n) is 9.71. The number of carbonyl (C=O) groups excluding carboxylic acids is 3. The number of hydrogen-bond donors (Lipinski definition) is 4. The Kier molecular flexibility index (Phi) is 6.61. The Labute approximate surface area is 169 Å². The van der Waals surface area contributed by atoms with Crippen LogP contribution in [-0.4, -0.2) is 33.5 Å². The lowest BCUT2D eigenvalue weighted by atomic mass is 10.1. The zero-order chi connectivity index (χ0) is 20.8. The Morgan fingerprint density at radius 3 is 2.72 bits per heavy atom. The van der Waals surface area contributed by atoms with Gasteiger partial charge in [-0.1, -0.05) is 43.7 Å². The summed E-state index contributed by atoms with van der Waals surface area (Å²) >= 11 is 0. The van der Waals surface area contributed by atoms with E-state index in [-0.39, 0.29) is 18.5 Å². The highest BCUT2D eigenvalue weighted by molar-refractivity contribution is 6.39. The summed E-state index contributed by atoms with van der Waals surface area (Å²) in [6.07, 6.45) is 1.60.